The van der Waals surface area contributed by atoms with E-state index in [9.17, 15) is 0 Å². The fraction of sp³-hybridized carbons (Fsp3) is 0.471. The Kier molecular flexibility index (Phi) is 3.99. The second kappa shape index (κ2) is 5.90. The molecule has 2 heterocycles. The van der Waals surface area contributed by atoms with Crippen molar-refractivity contribution >= 4 is 10.9 Å². The van der Waals surface area contributed by atoms with Crippen molar-refractivity contribution in [2.75, 3.05) is 19.6 Å². The van der Waals surface area contributed by atoms with Gasteiger partial charge in [0.05, 0.1) is 5.52 Å². The minimum Gasteiger partial charge on any atom is -0.330 e. The minimum atomic E-state index is 0.636. The van der Waals surface area contributed by atoms with Gasteiger partial charge in [0.15, 0.2) is 0 Å². The first-order valence-corrected chi connectivity index (χ1v) is 7.52. The highest BCUT2D eigenvalue weighted by Gasteiger charge is 2.24. The third kappa shape index (κ3) is 2.84. The Morgan fingerprint density at radius 3 is 3.05 bits per heavy atom. The molecule has 20 heavy (non-hydrogen) atoms. The van der Waals surface area contributed by atoms with Crippen LogP contribution in [0.1, 0.15) is 18.9 Å². The highest BCUT2D eigenvalue weighted by Crippen LogP contribution is 2.24. The van der Waals surface area contributed by atoms with Gasteiger partial charge in [-0.05, 0) is 49.0 Å². The standard InChI is InChI=1S/C17H23N3/c1-13-6-7-20(12-16(13)9-18)11-14-8-15-4-2-3-5-17(15)19-10-14/h2-5,8,10,13,16H,6-7,9,11-12,18H2,1H3. The summed E-state index contributed by atoms with van der Waals surface area (Å²) in [6.07, 6.45) is 3.26. The molecule has 106 valence electrons. The predicted molar refractivity (Wildman–Crippen MR) is 83.3 cm³/mol. The van der Waals surface area contributed by atoms with Crippen LogP contribution in [0.25, 0.3) is 10.9 Å². The van der Waals surface area contributed by atoms with Gasteiger partial charge >= 0.3 is 0 Å². The zero-order valence-corrected chi connectivity index (χ0v) is 12.1. The molecule has 1 aliphatic rings. The van der Waals surface area contributed by atoms with Crippen molar-refractivity contribution in [1.82, 2.24) is 9.88 Å². The number of nitrogens with zero attached hydrogens (tertiary/aromatic N) is 2. The van der Waals surface area contributed by atoms with Gasteiger partial charge in [-0.1, -0.05) is 25.1 Å². The predicted octanol–water partition coefficient (Wildman–Crippen LogP) is 2.65. The highest BCUT2D eigenvalue weighted by molar-refractivity contribution is 5.78. The van der Waals surface area contributed by atoms with Gasteiger partial charge in [0.25, 0.3) is 0 Å². The maximum absolute atomic E-state index is 5.88. The molecule has 2 N–H and O–H groups in total. The van der Waals surface area contributed by atoms with E-state index in [1.54, 1.807) is 0 Å². The lowest BCUT2D eigenvalue weighted by molar-refractivity contribution is 0.126. The molecule has 0 spiro atoms. The van der Waals surface area contributed by atoms with Crippen molar-refractivity contribution in [2.24, 2.45) is 17.6 Å². The van der Waals surface area contributed by atoms with E-state index in [0.29, 0.717) is 5.92 Å². The third-order valence-electron chi connectivity index (χ3n) is 4.55. The van der Waals surface area contributed by atoms with E-state index < -0.39 is 0 Å². The summed E-state index contributed by atoms with van der Waals surface area (Å²) in [5.41, 5.74) is 8.26. The molecular weight excluding hydrogens is 246 g/mol. The number of rotatable bonds is 3. The van der Waals surface area contributed by atoms with Crippen molar-refractivity contribution < 1.29 is 0 Å². The van der Waals surface area contributed by atoms with Crippen LogP contribution in [0.3, 0.4) is 0 Å². The topological polar surface area (TPSA) is 42.2 Å². The van der Waals surface area contributed by atoms with Gasteiger partial charge < -0.3 is 5.73 Å². The number of para-hydroxylation sites is 1. The van der Waals surface area contributed by atoms with Crippen molar-refractivity contribution in [2.45, 2.75) is 19.9 Å². The van der Waals surface area contributed by atoms with E-state index in [1.165, 1.54) is 23.9 Å². The molecule has 0 aliphatic carbocycles. The fourth-order valence-electron chi connectivity index (χ4n) is 3.14. The zero-order chi connectivity index (χ0) is 13.9. The van der Waals surface area contributed by atoms with E-state index >= 15 is 0 Å². The number of benzene rings is 1. The van der Waals surface area contributed by atoms with Crippen molar-refractivity contribution in [3.63, 3.8) is 0 Å². The molecule has 3 rings (SSSR count). The SMILES string of the molecule is CC1CCN(Cc2cnc3ccccc3c2)CC1CN. The number of piperidine rings is 1. The lowest BCUT2D eigenvalue weighted by Gasteiger charge is -2.36. The average Bonchev–Trinajstić information content (AvgIpc) is 2.49. The monoisotopic (exact) mass is 269 g/mol. The Balaban J connectivity index is 1.73. The van der Waals surface area contributed by atoms with Crippen LogP contribution in [0.5, 0.6) is 0 Å². The molecule has 1 aliphatic heterocycles. The number of likely N-dealkylation sites (tertiary alicyclic amines) is 1. The van der Waals surface area contributed by atoms with E-state index in [4.69, 9.17) is 5.73 Å². The van der Waals surface area contributed by atoms with Crippen LogP contribution in [0.2, 0.25) is 0 Å². The molecule has 1 saturated heterocycles. The second-order valence-electron chi connectivity index (χ2n) is 6.03. The van der Waals surface area contributed by atoms with Crippen molar-refractivity contribution in [3.05, 3.63) is 42.1 Å². The fourth-order valence-corrected chi connectivity index (χ4v) is 3.14. The average molecular weight is 269 g/mol. The maximum atomic E-state index is 5.88. The molecular formula is C17H23N3. The first-order chi connectivity index (χ1) is 9.76. The van der Waals surface area contributed by atoms with Gasteiger partial charge in [0.2, 0.25) is 0 Å². The Bertz CT molecular complexity index is 581. The van der Waals surface area contributed by atoms with E-state index in [0.717, 1.165) is 31.1 Å². The van der Waals surface area contributed by atoms with E-state index in [2.05, 4.69) is 41.1 Å². The first-order valence-electron chi connectivity index (χ1n) is 7.52. The largest absolute Gasteiger partial charge is 0.330 e. The molecule has 2 atom stereocenters. The van der Waals surface area contributed by atoms with Crippen LogP contribution in [0.15, 0.2) is 36.5 Å². The Morgan fingerprint density at radius 2 is 2.20 bits per heavy atom. The van der Waals surface area contributed by atoms with E-state index in [1.807, 2.05) is 12.3 Å². The Hall–Kier alpha value is -1.45. The molecule has 0 saturated carbocycles. The summed E-state index contributed by atoms with van der Waals surface area (Å²) in [6, 6.07) is 10.6. The number of hydrogen-bond donors (Lipinski definition) is 1. The molecule has 1 aromatic heterocycles. The molecule has 0 amide bonds. The van der Waals surface area contributed by atoms with Crippen LogP contribution in [0.4, 0.5) is 0 Å². The van der Waals surface area contributed by atoms with Gasteiger partial charge in [-0.3, -0.25) is 9.88 Å². The zero-order valence-electron chi connectivity index (χ0n) is 12.1. The normalized spacial score (nSPS) is 24.1. The molecule has 2 aromatic rings. The van der Waals surface area contributed by atoms with Crippen molar-refractivity contribution in [3.8, 4) is 0 Å². The number of hydrogen-bond acceptors (Lipinski definition) is 3. The first kappa shape index (κ1) is 13.5. The molecule has 3 heteroatoms. The summed E-state index contributed by atoms with van der Waals surface area (Å²) < 4.78 is 0. The summed E-state index contributed by atoms with van der Waals surface area (Å²) in [4.78, 5) is 7.07. The summed E-state index contributed by atoms with van der Waals surface area (Å²) in [7, 11) is 0. The Morgan fingerprint density at radius 1 is 1.35 bits per heavy atom. The van der Waals surface area contributed by atoms with Gasteiger partial charge in [-0.15, -0.1) is 0 Å². The van der Waals surface area contributed by atoms with Gasteiger partial charge in [0.1, 0.15) is 0 Å². The van der Waals surface area contributed by atoms with E-state index in [-0.39, 0.29) is 0 Å². The molecule has 0 radical (unpaired) electrons. The lowest BCUT2D eigenvalue weighted by atomic mass is 9.87. The third-order valence-corrected chi connectivity index (χ3v) is 4.55. The summed E-state index contributed by atoms with van der Waals surface area (Å²) in [6.45, 7) is 6.40. The van der Waals surface area contributed by atoms with Gasteiger partial charge in [-0.2, -0.15) is 0 Å². The quantitative estimate of drug-likeness (QED) is 0.931. The molecule has 0 bridgehead atoms. The van der Waals surface area contributed by atoms with Crippen LogP contribution in [-0.2, 0) is 6.54 Å². The summed E-state index contributed by atoms with van der Waals surface area (Å²) in [5, 5.41) is 1.23. The van der Waals surface area contributed by atoms with Gasteiger partial charge in [0, 0.05) is 24.7 Å². The number of fused-ring (bicyclic) bond motifs is 1. The van der Waals surface area contributed by atoms with Crippen molar-refractivity contribution in [1.29, 1.82) is 0 Å². The smallest absolute Gasteiger partial charge is 0.0702 e. The van der Waals surface area contributed by atoms with Crippen LogP contribution < -0.4 is 5.73 Å². The summed E-state index contributed by atoms with van der Waals surface area (Å²) in [5.74, 6) is 1.39. The summed E-state index contributed by atoms with van der Waals surface area (Å²) >= 11 is 0. The molecule has 1 aromatic carbocycles. The molecule has 3 nitrogen and oxygen atoms in total. The minimum absolute atomic E-state index is 0.636. The number of nitrogens with two attached hydrogens (primary N) is 1. The number of pyridine rings is 1. The van der Waals surface area contributed by atoms with Gasteiger partial charge in [-0.25, -0.2) is 0 Å². The van der Waals surface area contributed by atoms with Crippen LogP contribution >= 0.6 is 0 Å². The molecule has 2 unspecified atom stereocenters. The highest BCUT2D eigenvalue weighted by atomic mass is 15.1. The Labute approximate surface area is 120 Å². The second-order valence-corrected chi connectivity index (χ2v) is 6.03. The van der Waals surface area contributed by atoms with Crippen LogP contribution in [0, 0.1) is 11.8 Å². The maximum Gasteiger partial charge on any atom is 0.0702 e. The molecule has 1 fully saturated rings. The van der Waals surface area contributed by atoms with Crippen LogP contribution in [-0.4, -0.2) is 29.5 Å². The lowest BCUT2D eigenvalue weighted by Crippen LogP contribution is -2.42. The number of aromatic nitrogens is 1.